The molecule has 4 nitrogen and oxygen atoms in total. The van der Waals surface area contributed by atoms with Crippen LogP contribution in [0, 0.1) is 0 Å². The van der Waals surface area contributed by atoms with Gasteiger partial charge in [-0.15, -0.1) is 0 Å². The van der Waals surface area contributed by atoms with Crippen molar-refractivity contribution in [3.63, 3.8) is 0 Å². The standard InChI is InChI=1S/C16H19BrN2O2S/c1-4-18-16-19(5-2)15(20)14(22-16)10-11-9-12(17)7-8-13(11)21-6-3/h7-10H,4-6H2,1-3H3/b14-10+,18-16?. The SMILES string of the molecule is CCN=C1S/C(=C/c2cc(Br)ccc2OCC)C(=O)N1CC. The van der Waals surface area contributed by atoms with Crippen molar-refractivity contribution in [1.82, 2.24) is 4.90 Å². The van der Waals surface area contributed by atoms with E-state index in [-0.39, 0.29) is 5.91 Å². The number of amidine groups is 1. The van der Waals surface area contributed by atoms with Gasteiger partial charge in [-0.25, -0.2) is 0 Å². The maximum Gasteiger partial charge on any atom is 0.266 e. The highest BCUT2D eigenvalue weighted by Gasteiger charge is 2.32. The molecular formula is C16H19BrN2O2S. The molecule has 0 radical (unpaired) electrons. The molecule has 118 valence electrons. The third-order valence-corrected chi connectivity index (χ3v) is 4.59. The number of thioether (sulfide) groups is 1. The van der Waals surface area contributed by atoms with E-state index in [0.29, 0.717) is 24.6 Å². The number of likely N-dealkylation sites (N-methyl/N-ethyl adjacent to an activating group) is 1. The molecule has 1 fully saturated rings. The van der Waals surface area contributed by atoms with E-state index in [2.05, 4.69) is 20.9 Å². The third kappa shape index (κ3) is 3.73. The molecule has 22 heavy (non-hydrogen) atoms. The molecule has 0 unspecified atom stereocenters. The molecule has 0 aromatic heterocycles. The zero-order valence-electron chi connectivity index (χ0n) is 12.9. The van der Waals surface area contributed by atoms with Gasteiger partial charge >= 0.3 is 0 Å². The Morgan fingerprint density at radius 2 is 2.14 bits per heavy atom. The highest BCUT2D eigenvalue weighted by Crippen LogP contribution is 2.34. The van der Waals surface area contributed by atoms with E-state index in [1.807, 2.05) is 45.0 Å². The van der Waals surface area contributed by atoms with E-state index >= 15 is 0 Å². The Hall–Kier alpha value is -1.27. The number of hydrogen-bond donors (Lipinski definition) is 0. The molecule has 1 aromatic rings. The van der Waals surface area contributed by atoms with E-state index < -0.39 is 0 Å². The Labute approximate surface area is 143 Å². The maximum atomic E-state index is 12.5. The minimum atomic E-state index is 0.00197. The Kier molecular flexibility index (Phi) is 6.08. The normalized spacial score (nSPS) is 18.5. The van der Waals surface area contributed by atoms with Gasteiger partial charge in [0.25, 0.3) is 5.91 Å². The fraction of sp³-hybridized carbons (Fsp3) is 0.375. The number of rotatable bonds is 5. The average Bonchev–Trinajstić information content (AvgIpc) is 2.78. The fourth-order valence-electron chi connectivity index (χ4n) is 2.10. The first-order valence-corrected chi connectivity index (χ1v) is 8.89. The number of benzene rings is 1. The smallest absolute Gasteiger partial charge is 0.266 e. The molecule has 2 rings (SSSR count). The molecule has 6 heteroatoms. The Morgan fingerprint density at radius 3 is 2.77 bits per heavy atom. The molecule has 0 aliphatic carbocycles. The number of carbonyl (C=O) groups excluding carboxylic acids is 1. The lowest BCUT2D eigenvalue weighted by molar-refractivity contribution is -0.122. The molecule has 1 aliphatic rings. The molecule has 0 atom stereocenters. The fourth-order valence-corrected chi connectivity index (χ4v) is 3.57. The van der Waals surface area contributed by atoms with Crippen LogP contribution in [0.4, 0.5) is 0 Å². The van der Waals surface area contributed by atoms with E-state index in [4.69, 9.17) is 4.74 Å². The highest BCUT2D eigenvalue weighted by atomic mass is 79.9. The minimum Gasteiger partial charge on any atom is -0.493 e. The lowest BCUT2D eigenvalue weighted by Gasteiger charge is -2.11. The van der Waals surface area contributed by atoms with Gasteiger partial charge in [-0.3, -0.25) is 14.7 Å². The number of ether oxygens (including phenoxy) is 1. The summed E-state index contributed by atoms with van der Waals surface area (Å²) in [5, 5.41) is 0.772. The maximum absolute atomic E-state index is 12.5. The van der Waals surface area contributed by atoms with Crippen LogP contribution in [0.3, 0.4) is 0 Å². The number of carbonyl (C=O) groups is 1. The van der Waals surface area contributed by atoms with Crippen molar-refractivity contribution < 1.29 is 9.53 Å². The van der Waals surface area contributed by atoms with Crippen LogP contribution < -0.4 is 4.74 Å². The zero-order chi connectivity index (χ0) is 16.1. The molecule has 1 amide bonds. The second kappa shape index (κ2) is 7.83. The first-order chi connectivity index (χ1) is 10.6. The van der Waals surface area contributed by atoms with Gasteiger partial charge in [0.15, 0.2) is 5.17 Å². The van der Waals surface area contributed by atoms with Crippen LogP contribution in [-0.4, -0.2) is 35.7 Å². The lowest BCUT2D eigenvalue weighted by atomic mass is 10.2. The van der Waals surface area contributed by atoms with Gasteiger partial charge in [-0.05, 0) is 56.8 Å². The first-order valence-electron chi connectivity index (χ1n) is 7.28. The Bertz CT molecular complexity index is 629. The molecule has 1 heterocycles. The number of amides is 1. The minimum absolute atomic E-state index is 0.00197. The molecule has 1 saturated heterocycles. The summed E-state index contributed by atoms with van der Waals surface area (Å²) in [5.74, 6) is 0.776. The van der Waals surface area contributed by atoms with E-state index in [0.717, 1.165) is 21.0 Å². The quantitative estimate of drug-likeness (QED) is 0.717. The first kappa shape index (κ1) is 17.1. The van der Waals surface area contributed by atoms with Gasteiger partial charge in [0.2, 0.25) is 0 Å². The number of nitrogens with zero attached hydrogens (tertiary/aromatic N) is 2. The van der Waals surface area contributed by atoms with Gasteiger partial charge in [-0.2, -0.15) is 0 Å². The molecule has 1 aliphatic heterocycles. The summed E-state index contributed by atoms with van der Waals surface area (Å²) in [6, 6.07) is 5.79. The Morgan fingerprint density at radius 1 is 1.36 bits per heavy atom. The van der Waals surface area contributed by atoms with Crippen LogP contribution >= 0.6 is 27.7 Å². The summed E-state index contributed by atoms with van der Waals surface area (Å²) in [6.45, 7) is 7.74. The van der Waals surface area contributed by atoms with Crippen molar-refractivity contribution in [2.45, 2.75) is 20.8 Å². The summed E-state index contributed by atoms with van der Waals surface area (Å²) in [6.07, 6.45) is 1.88. The van der Waals surface area contributed by atoms with Crippen LogP contribution in [-0.2, 0) is 4.79 Å². The predicted octanol–water partition coefficient (Wildman–Crippen LogP) is 4.16. The second-order valence-electron chi connectivity index (χ2n) is 4.53. The number of halogens is 1. The van der Waals surface area contributed by atoms with Crippen molar-refractivity contribution in [1.29, 1.82) is 0 Å². The molecule has 0 spiro atoms. The van der Waals surface area contributed by atoms with E-state index in [9.17, 15) is 4.79 Å². The van der Waals surface area contributed by atoms with Gasteiger partial charge in [-0.1, -0.05) is 15.9 Å². The Balaban J connectivity index is 2.39. The van der Waals surface area contributed by atoms with Crippen LogP contribution in [0.15, 0.2) is 32.6 Å². The topological polar surface area (TPSA) is 41.9 Å². The van der Waals surface area contributed by atoms with Crippen molar-refractivity contribution in [3.8, 4) is 5.75 Å². The molecule has 0 bridgehead atoms. The molecule has 0 saturated carbocycles. The van der Waals surface area contributed by atoms with Crippen molar-refractivity contribution in [2.24, 2.45) is 4.99 Å². The highest BCUT2D eigenvalue weighted by molar-refractivity contribution is 9.10. The lowest BCUT2D eigenvalue weighted by Crippen LogP contribution is -2.28. The van der Waals surface area contributed by atoms with E-state index in [1.54, 1.807) is 4.90 Å². The van der Waals surface area contributed by atoms with Crippen molar-refractivity contribution in [3.05, 3.63) is 33.1 Å². The number of aliphatic imine (C=N–C) groups is 1. The van der Waals surface area contributed by atoms with Crippen LogP contribution in [0.1, 0.15) is 26.3 Å². The summed E-state index contributed by atoms with van der Waals surface area (Å²) in [7, 11) is 0. The molecule has 1 aromatic carbocycles. The average molecular weight is 383 g/mol. The summed E-state index contributed by atoms with van der Waals surface area (Å²) >= 11 is 4.88. The van der Waals surface area contributed by atoms with Gasteiger partial charge in [0, 0.05) is 23.1 Å². The summed E-state index contributed by atoms with van der Waals surface area (Å²) < 4.78 is 6.59. The van der Waals surface area contributed by atoms with Gasteiger partial charge in [0.1, 0.15) is 5.75 Å². The zero-order valence-corrected chi connectivity index (χ0v) is 15.3. The summed E-state index contributed by atoms with van der Waals surface area (Å²) in [4.78, 5) is 19.3. The van der Waals surface area contributed by atoms with Gasteiger partial charge in [0.05, 0.1) is 11.5 Å². The molecule has 0 N–H and O–H groups in total. The van der Waals surface area contributed by atoms with Crippen molar-refractivity contribution in [2.75, 3.05) is 19.7 Å². The van der Waals surface area contributed by atoms with Gasteiger partial charge < -0.3 is 4.74 Å². The largest absolute Gasteiger partial charge is 0.493 e. The van der Waals surface area contributed by atoms with Crippen LogP contribution in [0.2, 0.25) is 0 Å². The van der Waals surface area contributed by atoms with E-state index in [1.165, 1.54) is 11.8 Å². The van der Waals surface area contributed by atoms with Crippen LogP contribution in [0.25, 0.3) is 6.08 Å². The number of hydrogen-bond acceptors (Lipinski definition) is 4. The predicted molar refractivity (Wildman–Crippen MR) is 96.2 cm³/mol. The molecular weight excluding hydrogens is 364 g/mol. The second-order valence-corrected chi connectivity index (χ2v) is 6.46. The monoisotopic (exact) mass is 382 g/mol. The third-order valence-electron chi connectivity index (χ3n) is 3.06. The van der Waals surface area contributed by atoms with Crippen LogP contribution in [0.5, 0.6) is 5.75 Å². The van der Waals surface area contributed by atoms with Crippen molar-refractivity contribution >= 4 is 44.8 Å². The summed E-state index contributed by atoms with van der Waals surface area (Å²) in [5.41, 5.74) is 0.890.